The summed E-state index contributed by atoms with van der Waals surface area (Å²) >= 11 is 0. The van der Waals surface area contributed by atoms with Gasteiger partial charge in [-0.1, -0.05) is 6.08 Å². The van der Waals surface area contributed by atoms with Crippen LogP contribution in [0.4, 0.5) is 4.79 Å². The van der Waals surface area contributed by atoms with Gasteiger partial charge in [-0.2, -0.15) is 0 Å². The third kappa shape index (κ3) is 7.90. The molecular weight excluding hydrogens is 658 g/mol. The molecule has 266 valence electrons. The molecule has 2 saturated carbocycles. The average Bonchev–Trinajstić information content (AvgIpc) is 3.95. The molecular formula is C33H43N5O10S. The molecule has 1 aromatic carbocycles. The Kier molecular flexibility index (Phi) is 9.85. The lowest BCUT2D eigenvalue weighted by molar-refractivity contribution is -0.142. The molecule has 3 fully saturated rings. The number of carbonyl (C=O) groups excluding carboxylic acids is 4. The minimum atomic E-state index is -3.92. The first-order valence-corrected chi connectivity index (χ1v) is 17.6. The predicted octanol–water partition coefficient (Wildman–Crippen LogP) is 1.54. The van der Waals surface area contributed by atoms with E-state index in [2.05, 4.69) is 26.9 Å². The summed E-state index contributed by atoms with van der Waals surface area (Å²) < 4.78 is 44.2. The standard InChI is InChI=1S/C33H43N5O10S/c1-7-20-16-33(20,30(42)37-49(44,45)23-9-10-23)36-27(40)25-15-22(47-28-24-11-8-21(46-6)14-19(24)12-13-34-28)17-38(25)29(41)26(18(2)39)35-31(43)48-32(3,4)5/h7-8,11-14,18,20,22-23,25-26,39H,1,9-10,15-17H2,2-6H3,(H,35,43)(H,36,40)(H,37,42)/t18-,20?,22-,25+,26?,33-/m1/s1. The zero-order valence-electron chi connectivity index (χ0n) is 28.1. The van der Waals surface area contributed by atoms with E-state index in [1.807, 2.05) is 0 Å². The van der Waals surface area contributed by atoms with Gasteiger partial charge in [0.15, 0.2) is 0 Å². The average molecular weight is 702 g/mol. The highest BCUT2D eigenvalue weighted by molar-refractivity contribution is 7.91. The number of likely N-dealkylation sites (tertiary alicyclic amines) is 1. The van der Waals surface area contributed by atoms with Crippen LogP contribution in [-0.4, -0.2) is 102 Å². The minimum Gasteiger partial charge on any atom is -0.497 e. The molecule has 2 heterocycles. The van der Waals surface area contributed by atoms with Crippen molar-refractivity contribution in [3.8, 4) is 11.6 Å². The maximum absolute atomic E-state index is 14.0. The van der Waals surface area contributed by atoms with Gasteiger partial charge in [-0.05, 0) is 76.6 Å². The Morgan fingerprint density at radius 1 is 1.18 bits per heavy atom. The van der Waals surface area contributed by atoms with Crippen LogP contribution in [0.25, 0.3) is 10.8 Å². The fraction of sp³-hybridized carbons (Fsp3) is 0.545. The number of rotatable bonds is 12. The largest absolute Gasteiger partial charge is 0.497 e. The van der Waals surface area contributed by atoms with Crippen LogP contribution >= 0.6 is 0 Å². The summed E-state index contributed by atoms with van der Waals surface area (Å²) in [5.41, 5.74) is -2.49. The Morgan fingerprint density at radius 2 is 1.90 bits per heavy atom. The summed E-state index contributed by atoms with van der Waals surface area (Å²) in [7, 11) is -2.37. The molecule has 5 rings (SSSR count). The number of sulfonamides is 1. The molecule has 2 aromatic rings. The lowest BCUT2D eigenvalue weighted by Crippen LogP contribution is -2.60. The number of nitrogens with one attached hydrogen (secondary N) is 3. The van der Waals surface area contributed by atoms with E-state index in [-0.39, 0.29) is 25.3 Å². The molecule has 0 bridgehead atoms. The van der Waals surface area contributed by atoms with Gasteiger partial charge in [0, 0.05) is 23.9 Å². The molecule has 49 heavy (non-hydrogen) atoms. The summed E-state index contributed by atoms with van der Waals surface area (Å²) in [4.78, 5) is 59.6. The maximum atomic E-state index is 14.0. The van der Waals surface area contributed by atoms with Gasteiger partial charge in [0.2, 0.25) is 27.7 Å². The summed E-state index contributed by atoms with van der Waals surface area (Å²) in [6.45, 7) is 9.81. The number of aromatic nitrogens is 1. The summed E-state index contributed by atoms with van der Waals surface area (Å²) in [6.07, 6.45) is 0.812. The number of alkyl carbamates (subject to hydrolysis) is 1. The number of aliphatic hydroxyl groups is 1. The van der Waals surface area contributed by atoms with Gasteiger partial charge in [-0.3, -0.25) is 19.1 Å². The maximum Gasteiger partial charge on any atom is 0.408 e. The van der Waals surface area contributed by atoms with Crippen molar-refractivity contribution in [2.75, 3.05) is 13.7 Å². The van der Waals surface area contributed by atoms with Gasteiger partial charge in [-0.15, -0.1) is 6.58 Å². The zero-order chi connectivity index (χ0) is 35.9. The van der Waals surface area contributed by atoms with Gasteiger partial charge in [0.05, 0.1) is 25.0 Å². The van der Waals surface area contributed by atoms with E-state index >= 15 is 0 Å². The van der Waals surface area contributed by atoms with Crippen molar-refractivity contribution in [1.82, 2.24) is 25.2 Å². The first-order valence-electron chi connectivity index (χ1n) is 16.1. The number of benzene rings is 1. The van der Waals surface area contributed by atoms with E-state index in [1.165, 1.54) is 17.9 Å². The van der Waals surface area contributed by atoms with E-state index in [4.69, 9.17) is 14.2 Å². The lowest BCUT2D eigenvalue weighted by Gasteiger charge is -2.31. The fourth-order valence-corrected chi connectivity index (χ4v) is 7.27. The van der Waals surface area contributed by atoms with Gasteiger partial charge in [-0.25, -0.2) is 18.2 Å². The highest BCUT2D eigenvalue weighted by Crippen LogP contribution is 2.45. The highest BCUT2D eigenvalue weighted by atomic mass is 32.2. The van der Waals surface area contributed by atoms with Crippen LogP contribution in [0.1, 0.15) is 53.4 Å². The third-order valence-electron chi connectivity index (χ3n) is 8.73. The van der Waals surface area contributed by atoms with Crippen LogP contribution in [0.2, 0.25) is 0 Å². The van der Waals surface area contributed by atoms with Crippen LogP contribution in [0.3, 0.4) is 0 Å². The van der Waals surface area contributed by atoms with Gasteiger partial charge < -0.3 is 34.9 Å². The first-order chi connectivity index (χ1) is 23.0. The normalized spacial score (nSPS) is 24.7. The Hall–Kier alpha value is -4.44. The molecule has 4 amide bonds. The van der Waals surface area contributed by atoms with Crippen LogP contribution in [0.15, 0.2) is 43.1 Å². The third-order valence-corrected chi connectivity index (χ3v) is 10.6. The quantitative estimate of drug-likeness (QED) is 0.234. The fourth-order valence-electron chi connectivity index (χ4n) is 5.90. The summed E-state index contributed by atoms with van der Waals surface area (Å²) in [6, 6.07) is 4.35. The molecule has 1 saturated heterocycles. The number of carbonyl (C=O) groups is 4. The molecule has 3 aliphatic rings. The minimum absolute atomic E-state index is 0.0540. The highest BCUT2D eigenvalue weighted by Gasteiger charge is 2.62. The van der Waals surface area contributed by atoms with Crippen molar-refractivity contribution in [2.45, 2.75) is 94.1 Å². The molecule has 4 N–H and O–H groups in total. The molecule has 1 aliphatic heterocycles. The van der Waals surface area contributed by atoms with E-state index in [1.54, 1.807) is 58.3 Å². The monoisotopic (exact) mass is 701 g/mol. The molecule has 15 nitrogen and oxygen atoms in total. The van der Waals surface area contributed by atoms with E-state index in [9.17, 15) is 32.7 Å². The lowest BCUT2D eigenvalue weighted by atomic mass is 10.1. The summed E-state index contributed by atoms with van der Waals surface area (Å²) in [5, 5.41) is 16.5. The molecule has 2 aliphatic carbocycles. The second kappa shape index (κ2) is 13.5. The molecule has 16 heteroatoms. The smallest absolute Gasteiger partial charge is 0.408 e. The molecule has 1 aromatic heterocycles. The Bertz CT molecular complexity index is 1760. The number of methoxy groups -OCH3 is 1. The van der Waals surface area contributed by atoms with Crippen molar-refractivity contribution < 1.29 is 46.9 Å². The number of pyridine rings is 1. The Labute approximate surface area is 284 Å². The van der Waals surface area contributed by atoms with E-state index in [0.29, 0.717) is 24.0 Å². The number of aliphatic hydroxyl groups excluding tert-OH is 1. The number of hydrogen-bond donors (Lipinski definition) is 4. The molecule has 2 unspecified atom stereocenters. The SMILES string of the molecule is C=CC1C[C@]1(NC(=O)[C@@H]1C[C@@H](Oc2nccc3cc(OC)ccc23)CN1C(=O)C(NC(=O)OC(C)(C)C)[C@@H](C)O)C(=O)NS(=O)(=O)C1CC1. The van der Waals surface area contributed by atoms with Crippen molar-refractivity contribution >= 4 is 44.6 Å². The Morgan fingerprint density at radius 3 is 2.49 bits per heavy atom. The van der Waals surface area contributed by atoms with Crippen LogP contribution < -0.4 is 24.8 Å². The molecule has 0 spiro atoms. The second-order valence-corrected chi connectivity index (χ2v) is 15.7. The number of nitrogens with zero attached hydrogens (tertiary/aromatic N) is 2. The van der Waals surface area contributed by atoms with Crippen molar-refractivity contribution in [3.05, 3.63) is 43.1 Å². The molecule has 0 radical (unpaired) electrons. The van der Waals surface area contributed by atoms with Crippen molar-refractivity contribution in [3.63, 3.8) is 0 Å². The number of fused-ring (bicyclic) bond motifs is 1. The van der Waals surface area contributed by atoms with Crippen LogP contribution in [-0.2, 0) is 29.1 Å². The Balaban J connectivity index is 1.42. The predicted molar refractivity (Wildman–Crippen MR) is 177 cm³/mol. The van der Waals surface area contributed by atoms with Crippen LogP contribution in [0.5, 0.6) is 11.6 Å². The topological polar surface area (TPSA) is 203 Å². The van der Waals surface area contributed by atoms with Gasteiger partial charge in [0.25, 0.3) is 5.91 Å². The zero-order valence-corrected chi connectivity index (χ0v) is 28.9. The van der Waals surface area contributed by atoms with Crippen molar-refractivity contribution in [1.29, 1.82) is 0 Å². The number of ether oxygens (including phenoxy) is 3. The second-order valence-electron chi connectivity index (χ2n) is 13.7. The van der Waals surface area contributed by atoms with Gasteiger partial charge >= 0.3 is 6.09 Å². The molecule has 6 atom stereocenters. The number of amides is 4. The number of hydrogen-bond acceptors (Lipinski definition) is 11. The van der Waals surface area contributed by atoms with E-state index in [0.717, 1.165) is 5.39 Å². The van der Waals surface area contributed by atoms with Crippen molar-refractivity contribution in [2.24, 2.45) is 5.92 Å². The van der Waals surface area contributed by atoms with E-state index < -0.39 is 80.4 Å². The van der Waals surface area contributed by atoms with Gasteiger partial charge in [0.1, 0.15) is 35.1 Å². The first kappa shape index (κ1) is 35.9. The summed E-state index contributed by atoms with van der Waals surface area (Å²) in [5.74, 6) is -2.12. The van der Waals surface area contributed by atoms with Crippen LogP contribution in [0, 0.1) is 5.92 Å².